The zero-order valence-electron chi connectivity index (χ0n) is 15.7. The molecule has 0 spiro atoms. The summed E-state index contributed by atoms with van der Waals surface area (Å²) in [7, 11) is 0. The molecule has 1 aromatic carbocycles. The number of aromatic amines is 1. The van der Waals surface area contributed by atoms with Crippen LogP contribution in [-0.2, 0) is 0 Å². The van der Waals surface area contributed by atoms with Crippen LogP contribution in [0, 0.1) is 3.70 Å². The predicted molar refractivity (Wildman–Crippen MR) is 113 cm³/mol. The second-order valence-electron chi connectivity index (χ2n) is 8.09. The van der Waals surface area contributed by atoms with Crippen molar-refractivity contribution in [2.75, 3.05) is 19.6 Å². The third kappa shape index (κ3) is 4.03. The number of nitrogens with one attached hydrogen (secondary N) is 2. The fraction of sp³-hybridized carbons (Fsp3) is 0.600. The Balaban J connectivity index is 1.47. The van der Waals surface area contributed by atoms with E-state index in [1.807, 2.05) is 12.1 Å². The van der Waals surface area contributed by atoms with Crippen molar-refractivity contribution < 1.29 is 13.6 Å². The van der Waals surface area contributed by atoms with Crippen molar-refractivity contribution in [2.24, 2.45) is 0 Å². The highest BCUT2D eigenvalue weighted by Crippen LogP contribution is 2.38. The van der Waals surface area contributed by atoms with Crippen molar-refractivity contribution in [1.82, 2.24) is 20.4 Å². The Morgan fingerprint density at radius 2 is 1.89 bits per heavy atom. The summed E-state index contributed by atoms with van der Waals surface area (Å²) >= 11 is 2.14. The molecule has 1 aliphatic heterocycles. The molecule has 2 aliphatic rings. The number of carbonyl (C=O) groups excluding carboxylic acids is 1. The number of halogens is 3. The van der Waals surface area contributed by atoms with E-state index in [2.05, 4.69) is 43.0 Å². The van der Waals surface area contributed by atoms with Gasteiger partial charge >= 0.3 is 0 Å². The molecule has 4 rings (SSSR count). The van der Waals surface area contributed by atoms with E-state index in [0.29, 0.717) is 25.2 Å². The van der Waals surface area contributed by atoms with Crippen LogP contribution in [-0.4, -0.2) is 52.1 Å². The van der Waals surface area contributed by atoms with Gasteiger partial charge in [0, 0.05) is 49.0 Å². The molecule has 2 N–H and O–H groups in total. The molecule has 1 aliphatic carbocycles. The normalized spacial score (nSPS) is 22.2. The maximum atomic E-state index is 13.6. The molecule has 28 heavy (non-hydrogen) atoms. The first-order valence-electron chi connectivity index (χ1n) is 9.93. The number of rotatable bonds is 4. The van der Waals surface area contributed by atoms with Crippen LogP contribution in [0.3, 0.4) is 0 Å². The molecule has 8 heteroatoms. The van der Waals surface area contributed by atoms with Gasteiger partial charge in [-0.1, -0.05) is 19.3 Å². The van der Waals surface area contributed by atoms with Gasteiger partial charge in [0.15, 0.2) is 0 Å². The van der Waals surface area contributed by atoms with Gasteiger partial charge in [0.05, 0.1) is 5.52 Å². The summed E-state index contributed by atoms with van der Waals surface area (Å²) in [6, 6.07) is 5.51. The second kappa shape index (κ2) is 7.85. The zero-order chi connectivity index (χ0) is 19.8. The molecule has 2 heterocycles. The maximum absolute atomic E-state index is 13.6. The molecule has 2 fully saturated rings. The first-order chi connectivity index (χ1) is 13.4. The number of hydrogen-bond donors (Lipinski definition) is 2. The quantitative estimate of drug-likeness (QED) is 0.613. The van der Waals surface area contributed by atoms with Crippen LogP contribution in [0.25, 0.3) is 10.9 Å². The molecular formula is C20H25F2IN4O. The summed E-state index contributed by atoms with van der Waals surface area (Å²) in [5.41, 5.74) is 1.31. The minimum atomic E-state index is -2.55. The number of benzene rings is 1. The molecule has 1 amide bonds. The topological polar surface area (TPSA) is 61.0 Å². The van der Waals surface area contributed by atoms with Crippen molar-refractivity contribution in [2.45, 2.75) is 56.4 Å². The molecule has 2 aromatic rings. The number of likely N-dealkylation sites (tertiary alicyclic amines) is 1. The van der Waals surface area contributed by atoms with E-state index >= 15 is 0 Å². The van der Waals surface area contributed by atoms with Gasteiger partial charge in [-0.15, -0.1) is 0 Å². The largest absolute Gasteiger partial charge is 0.350 e. The number of amides is 1. The summed E-state index contributed by atoms with van der Waals surface area (Å²) in [5, 5.41) is 11.1. The number of hydrogen-bond acceptors (Lipinski definition) is 3. The Bertz CT molecular complexity index is 853. The Hall–Kier alpha value is -1.29. The summed E-state index contributed by atoms with van der Waals surface area (Å²) in [6.45, 7) is 1.32. The van der Waals surface area contributed by atoms with E-state index in [1.54, 1.807) is 6.07 Å². The number of fused-ring (bicyclic) bond motifs is 1. The highest BCUT2D eigenvalue weighted by atomic mass is 127. The number of carbonyl (C=O) groups is 1. The van der Waals surface area contributed by atoms with Gasteiger partial charge in [0.25, 0.3) is 11.8 Å². The summed E-state index contributed by atoms with van der Waals surface area (Å²) in [4.78, 5) is 15.0. The molecule has 152 valence electrons. The molecule has 0 bridgehead atoms. The number of piperidine rings is 1. The van der Waals surface area contributed by atoms with Crippen molar-refractivity contribution >= 4 is 39.4 Å². The van der Waals surface area contributed by atoms with E-state index in [-0.39, 0.29) is 24.3 Å². The smallest absolute Gasteiger partial charge is 0.251 e. The van der Waals surface area contributed by atoms with Crippen LogP contribution in [0.1, 0.15) is 55.3 Å². The van der Waals surface area contributed by atoms with Gasteiger partial charge in [-0.2, -0.15) is 5.10 Å². The monoisotopic (exact) mass is 502 g/mol. The zero-order valence-corrected chi connectivity index (χ0v) is 17.9. The first-order valence-corrected chi connectivity index (χ1v) is 11.0. The molecule has 1 saturated heterocycles. The SMILES string of the molecule is O=C(NCC1(N2CCC(F)(F)CC2)CCCCC1)c1ccc2[nH]nc(I)c2c1. The van der Waals surface area contributed by atoms with Crippen molar-refractivity contribution in [1.29, 1.82) is 0 Å². The molecule has 1 saturated carbocycles. The molecule has 1 aromatic heterocycles. The fourth-order valence-corrected chi connectivity index (χ4v) is 5.16. The maximum Gasteiger partial charge on any atom is 0.251 e. The van der Waals surface area contributed by atoms with E-state index in [0.717, 1.165) is 40.3 Å². The van der Waals surface area contributed by atoms with Crippen LogP contribution >= 0.6 is 22.6 Å². The lowest BCUT2D eigenvalue weighted by atomic mass is 9.79. The minimum absolute atomic E-state index is 0.0850. The summed E-state index contributed by atoms with van der Waals surface area (Å²) in [5.74, 6) is -2.67. The predicted octanol–water partition coefficient (Wildman–Crippen LogP) is 4.33. The third-order valence-electron chi connectivity index (χ3n) is 6.31. The van der Waals surface area contributed by atoms with Crippen molar-refractivity contribution in [3.63, 3.8) is 0 Å². The number of nitrogens with zero attached hydrogens (tertiary/aromatic N) is 2. The van der Waals surface area contributed by atoms with Gasteiger partial charge in [-0.05, 0) is 53.6 Å². The number of aromatic nitrogens is 2. The lowest BCUT2D eigenvalue weighted by molar-refractivity contribution is -0.0846. The summed E-state index contributed by atoms with van der Waals surface area (Å²) < 4.78 is 28.1. The Labute approximate surface area is 176 Å². The number of alkyl halides is 2. The van der Waals surface area contributed by atoms with Gasteiger partial charge in [0.1, 0.15) is 3.70 Å². The second-order valence-corrected chi connectivity index (χ2v) is 9.11. The van der Waals surface area contributed by atoms with Crippen LogP contribution in [0.2, 0.25) is 0 Å². The molecule has 0 unspecified atom stereocenters. The molecule has 0 atom stereocenters. The lowest BCUT2D eigenvalue weighted by Crippen LogP contribution is -2.59. The van der Waals surface area contributed by atoms with E-state index in [9.17, 15) is 13.6 Å². The van der Waals surface area contributed by atoms with Crippen LogP contribution in [0.4, 0.5) is 8.78 Å². The fourth-order valence-electron chi connectivity index (χ4n) is 4.59. The minimum Gasteiger partial charge on any atom is -0.350 e. The lowest BCUT2D eigenvalue weighted by Gasteiger charge is -2.49. The third-order valence-corrected chi connectivity index (χ3v) is 7.13. The Morgan fingerprint density at radius 1 is 1.18 bits per heavy atom. The molecule has 5 nitrogen and oxygen atoms in total. The molecule has 0 radical (unpaired) electrons. The standard InChI is InChI=1S/C20H25F2IN4O/c21-20(22)8-10-27(11-9-20)19(6-2-1-3-7-19)13-24-18(28)14-4-5-16-15(12-14)17(23)26-25-16/h4-5,12H,1-3,6-11,13H2,(H,24,28)(H,25,26). The van der Waals surface area contributed by atoms with E-state index in [1.165, 1.54) is 6.42 Å². The van der Waals surface area contributed by atoms with Crippen LogP contribution < -0.4 is 5.32 Å². The van der Waals surface area contributed by atoms with E-state index in [4.69, 9.17) is 0 Å². The van der Waals surface area contributed by atoms with Gasteiger partial charge in [-0.3, -0.25) is 14.8 Å². The van der Waals surface area contributed by atoms with Gasteiger partial charge in [0.2, 0.25) is 0 Å². The highest BCUT2D eigenvalue weighted by Gasteiger charge is 2.43. The highest BCUT2D eigenvalue weighted by molar-refractivity contribution is 14.1. The Morgan fingerprint density at radius 3 is 2.61 bits per heavy atom. The van der Waals surface area contributed by atoms with Gasteiger partial charge in [-0.25, -0.2) is 8.78 Å². The Kier molecular flexibility index (Phi) is 5.61. The number of H-pyrrole nitrogens is 1. The van der Waals surface area contributed by atoms with Crippen molar-refractivity contribution in [3.8, 4) is 0 Å². The van der Waals surface area contributed by atoms with Crippen molar-refractivity contribution in [3.05, 3.63) is 27.5 Å². The van der Waals surface area contributed by atoms with E-state index < -0.39 is 5.92 Å². The van der Waals surface area contributed by atoms with Crippen LogP contribution in [0.15, 0.2) is 18.2 Å². The first kappa shape index (κ1) is 20.0. The van der Waals surface area contributed by atoms with Gasteiger partial charge < -0.3 is 5.32 Å². The summed E-state index contributed by atoms with van der Waals surface area (Å²) in [6.07, 6.45) is 5.09. The van der Waals surface area contributed by atoms with Crippen LogP contribution in [0.5, 0.6) is 0 Å². The molecular weight excluding hydrogens is 477 g/mol. The average molecular weight is 502 g/mol. The average Bonchev–Trinajstić information content (AvgIpc) is 3.07.